The van der Waals surface area contributed by atoms with Crippen molar-refractivity contribution in [1.29, 1.82) is 5.26 Å². The van der Waals surface area contributed by atoms with Crippen molar-refractivity contribution < 1.29 is 4.79 Å². The third-order valence-corrected chi connectivity index (χ3v) is 5.11. The molecule has 1 aromatic heterocycles. The molecule has 0 aliphatic heterocycles. The van der Waals surface area contributed by atoms with Crippen LogP contribution in [-0.2, 0) is 4.79 Å². The standard InChI is InChI=1S/C21H20N4OS/c1-15-7-6-8-16(2)20(15)25-18(17-9-4-3-5-10-17)13-24-21(25)27-14-19(26)23-12-11-22/h3-10,13H,12,14H2,1-2H3,(H,23,26). The Morgan fingerprint density at radius 1 is 1.15 bits per heavy atom. The summed E-state index contributed by atoms with van der Waals surface area (Å²) in [4.78, 5) is 16.5. The third kappa shape index (κ3) is 4.21. The number of nitrogens with zero attached hydrogens (tertiary/aromatic N) is 3. The molecule has 0 spiro atoms. The number of carbonyl (C=O) groups excluding carboxylic acids is 1. The van der Waals surface area contributed by atoms with Crippen LogP contribution in [0.3, 0.4) is 0 Å². The van der Waals surface area contributed by atoms with E-state index in [0.29, 0.717) is 0 Å². The van der Waals surface area contributed by atoms with Gasteiger partial charge in [-0.05, 0) is 25.0 Å². The van der Waals surface area contributed by atoms with Crippen molar-refractivity contribution in [3.8, 4) is 23.0 Å². The van der Waals surface area contributed by atoms with E-state index >= 15 is 0 Å². The summed E-state index contributed by atoms with van der Waals surface area (Å²) in [5, 5.41) is 11.9. The molecule has 2 aromatic carbocycles. The molecule has 0 saturated heterocycles. The predicted molar refractivity (Wildman–Crippen MR) is 108 cm³/mol. The summed E-state index contributed by atoms with van der Waals surface area (Å²) in [6.07, 6.45) is 1.84. The number of imidazole rings is 1. The Morgan fingerprint density at radius 3 is 2.52 bits per heavy atom. The van der Waals surface area contributed by atoms with E-state index < -0.39 is 0 Å². The van der Waals surface area contributed by atoms with Gasteiger partial charge in [0.15, 0.2) is 5.16 Å². The van der Waals surface area contributed by atoms with Crippen LogP contribution in [0, 0.1) is 25.2 Å². The number of para-hydroxylation sites is 1. The van der Waals surface area contributed by atoms with Crippen LogP contribution in [-0.4, -0.2) is 27.8 Å². The Morgan fingerprint density at radius 2 is 1.85 bits per heavy atom. The van der Waals surface area contributed by atoms with Gasteiger partial charge in [-0.2, -0.15) is 5.26 Å². The summed E-state index contributed by atoms with van der Waals surface area (Å²) in [6.45, 7) is 4.16. The fraction of sp³-hybridized carbons (Fsp3) is 0.190. The molecule has 5 nitrogen and oxygen atoms in total. The monoisotopic (exact) mass is 376 g/mol. The van der Waals surface area contributed by atoms with Gasteiger partial charge in [0, 0.05) is 5.56 Å². The quantitative estimate of drug-likeness (QED) is 0.523. The van der Waals surface area contributed by atoms with Crippen molar-refractivity contribution in [3.63, 3.8) is 0 Å². The van der Waals surface area contributed by atoms with Gasteiger partial charge < -0.3 is 5.32 Å². The second-order valence-corrected chi connectivity index (χ2v) is 7.03. The molecule has 3 aromatic rings. The molecule has 3 rings (SSSR count). The van der Waals surface area contributed by atoms with E-state index in [1.54, 1.807) is 0 Å². The first-order chi connectivity index (χ1) is 13.1. The highest BCUT2D eigenvalue weighted by molar-refractivity contribution is 7.99. The third-order valence-electron chi connectivity index (χ3n) is 4.16. The molecule has 0 unspecified atom stereocenters. The minimum atomic E-state index is -0.182. The van der Waals surface area contributed by atoms with Gasteiger partial charge in [0.25, 0.3) is 0 Å². The summed E-state index contributed by atoms with van der Waals surface area (Å²) in [6, 6.07) is 18.2. The summed E-state index contributed by atoms with van der Waals surface area (Å²) in [5.74, 6) is 0.0246. The zero-order chi connectivity index (χ0) is 19.2. The molecule has 0 saturated carbocycles. The van der Waals surface area contributed by atoms with Gasteiger partial charge in [0.1, 0.15) is 6.54 Å². The number of rotatable bonds is 6. The van der Waals surface area contributed by atoms with E-state index in [0.717, 1.165) is 33.2 Å². The lowest BCUT2D eigenvalue weighted by atomic mass is 10.1. The molecular formula is C21H20N4OS. The topological polar surface area (TPSA) is 70.7 Å². The molecule has 6 heteroatoms. The Labute approximate surface area is 163 Å². The number of aromatic nitrogens is 2. The highest BCUT2D eigenvalue weighted by Crippen LogP contribution is 2.32. The number of hydrogen-bond acceptors (Lipinski definition) is 4. The van der Waals surface area contributed by atoms with Gasteiger partial charge in [-0.25, -0.2) is 4.98 Å². The molecule has 1 heterocycles. The van der Waals surface area contributed by atoms with E-state index in [2.05, 4.69) is 53.0 Å². The zero-order valence-corrected chi connectivity index (χ0v) is 16.1. The smallest absolute Gasteiger partial charge is 0.231 e. The van der Waals surface area contributed by atoms with Gasteiger partial charge >= 0.3 is 0 Å². The largest absolute Gasteiger partial charge is 0.342 e. The van der Waals surface area contributed by atoms with Gasteiger partial charge in [0.05, 0.1) is 29.4 Å². The van der Waals surface area contributed by atoms with Gasteiger partial charge in [-0.15, -0.1) is 0 Å². The first-order valence-corrected chi connectivity index (χ1v) is 9.56. The predicted octanol–water partition coefficient (Wildman–Crippen LogP) is 3.89. The minimum absolute atomic E-state index is 0.0139. The molecule has 1 amide bonds. The Balaban J connectivity index is 2.04. The second kappa shape index (κ2) is 8.56. The van der Waals surface area contributed by atoms with Gasteiger partial charge in [0.2, 0.25) is 5.91 Å². The lowest BCUT2D eigenvalue weighted by Gasteiger charge is -2.17. The fourth-order valence-corrected chi connectivity index (χ4v) is 3.75. The van der Waals surface area contributed by atoms with Gasteiger partial charge in [-0.3, -0.25) is 9.36 Å². The summed E-state index contributed by atoms with van der Waals surface area (Å²) >= 11 is 1.36. The average Bonchev–Trinajstić information content (AvgIpc) is 3.09. The maximum absolute atomic E-state index is 11.9. The fourth-order valence-electron chi connectivity index (χ4n) is 2.94. The average molecular weight is 376 g/mol. The van der Waals surface area contributed by atoms with Crippen molar-refractivity contribution >= 4 is 17.7 Å². The van der Waals surface area contributed by atoms with Crippen LogP contribution in [0.1, 0.15) is 11.1 Å². The van der Waals surface area contributed by atoms with Crippen LogP contribution in [0.25, 0.3) is 16.9 Å². The van der Waals surface area contributed by atoms with Crippen LogP contribution < -0.4 is 5.32 Å². The number of carbonyl (C=O) groups is 1. The summed E-state index contributed by atoms with van der Waals surface area (Å²) < 4.78 is 2.11. The summed E-state index contributed by atoms with van der Waals surface area (Å²) in [5.41, 5.74) is 5.40. The zero-order valence-electron chi connectivity index (χ0n) is 15.3. The lowest BCUT2D eigenvalue weighted by Crippen LogP contribution is -2.25. The van der Waals surface area contributed by atoms with Crippen molar-refractivity contribution in [3.05, 3.63) is 65.9 Å². The molecule has 136 valence electrons. The second-order valence-electron chi connectivity index (χ2n) is 6.09. The SMILES string of the molecule is Cc1cccc(C)c1-n1c(-c2ccccc2)cnc1SCC(=O)NCC#N. The first kappa shape index (κ1) is 18.7. The Hall–Kier alpha value is -3.04. The van der Waals surface area contributed by atoms with Crippen molar-refractivity contribution in [2.75, 3.05) is 12.3 Å². The Bertz CT molecular complexity index is 969. The number of amides is 1. The van der Waals surface area contributed by atoms with E-state index in [4.69, 9.17) is 5.26 Å². The van der Waals surface area contributed by atoms with E-state index in [9.17, 15) is 4.79 Å². The maximum Gasteiger partial charge on any atom is 0.231 e. The highest BCUT2D eigenvalue weighted by Gasteiger charge is 2.18. The van der Waals surface area contributed by atoms with Crippen LogP contribution in [0.5, 0.6) is 0 Å². The number of nitrogens with one attached hydrogen (secondary N) is 1. The number of nitriles is 1. The molecule has 0 radical (unpaired) electrons. The Kier molecular flexibility index (Phi) is 5.94. The van der Waals surface area contributed by atoms with Crippen LogP contribution >= 0.6 is 11.8 Å². The molecule has 27 heavy (non-hydrogen) atoms. The number of thioether (sulfide) groups is 1. The number of benzene rings is 2. The van der Waals surface area contributed by atoms with Crippen molar-refractivity contribution in [1.82, 2.24) is 14.9 Å². The molecule has 0 aliphatic carbocycles. The molecule has 0 bridgehead atoms. The van der Waals surface area contributed by atoms with E-state index in [1.807, 2.05) is 36.5 Å². The highest BCUT2D eigenvalue weighted by atomic mass is 32.2. The van der Waals surface area contributed by atoms with Crippen LogP contribution in [0.15, 0.2) is 59.9 Å². The summed E-state index contributed by atoms with van der Waals surface area (Å²) in [7, 11) is 0. The van der Waals surface area contributed by atoms with Crippen molar-refractivity contribution in [2.24, 2.45) is 0 Å². The first-order valence-electron chi connectivity index (χ1n) is 8.58. The molecule has 0 aliphatic rings. The van der Waals surface area contributed by atoms with Crippen molar-refractivity contribution in [2.45, 2.75) is 19.0 Å². The lowest BCUT2D eigenvalue weighted by molar-refractivity contribution is -0.118. The normalized spacial score (nSPS) is 10.4. The molecule has 0 atom stereocenters. The van der Waals surface area contributed by atoms with E-state index in [1.165, 1.54) is 11.8 Å². The molecule has 0 fully saturated rings. The molecular weight excluding hydrogens is 356 g/mol. The van der Waals surface area contributed by atoms with Crippen LogP contribution in [0.4, 0.5) is 0 Å². The molecule has 1 N–H and O–H groups in total. The minimum Gasteiger partial charge on any atom is -0.342 e. The number of hydrogen-bond donors (Lipinski definition) is 1. The maximum atomic E-state index is 11.9. The number of aryl methyl sites for hydroxylation is 2. The van der Waals surface area contributed by atoms with Gasteiger partial charge in [-0.1, -0.05) is 60.3 Å². The van der Waals surface area contributed by atoms with E-state index in [-0.39, 0.29) is 18.2 Å². The van der Waals surface area contributed by atoms with Crippen LogP contribution in [0.2, 0.25) is 0 Å².